The summed E-state index contributed by atoms with van der Waals surface area (Å²) in [4.78, 5) is 16.8. The summed E-state index contributed by atoms with van der Waals surface area (Å²) in [5.74, 6) is -0.527. The van der Waals surface area contributed by atoms with Crippen LogP contribution in [0.3, 0.4) is 0 Å². The van der Waals surface area contributed by atoms with Gasteiger partial charge in [0.05, 0.1) is 5.92 Å². The number of halogens is 1. The molecule has 0 aliphatic carbocycles. The first-order valence-electron chi connectivity index (χ1n) is 9.70. The maximum Gasteiger partial charge on any atom is 0.252 e. The number of aryl methyl sites for hydroxylation is 2. The van der Waals surface area contributed by atoms with Gasteiger partial charge in [0.25, 0.3) is 10.0 Å². The van der Waals surface area contributed by atoms with Crippen molar-refractivity contribution < 1.29 is 22.1 Å². The summed E-state index contributed by atoms with van der Waals surface area (Å²) < 4.78 is 46.5. The topological polar surface area (TPSA) is 105 Å². The smallest absolute Gasteiger partial charge is 0.252 e. The van der Waals surface area contributed by atoms with E-state index in [1.54, 1.807) is 31.4 Å². The molecule has 164 valence electrons. The van der Waals surface area contributed by atoms with Crippen molar-refractivity contribution in [3.63, 3.8) is 0 Å². The normalized spacial score (nSPS) is 17.6. The van der Waals surface area contributed by atoms with E-state index in [9.17, 15) is 17.6 Å². The molecule has 1 saturated heterocycles. The zero-order valence-corrected chi connectivity index (χ0v) is 18.6. The summed E-state index contributed by atoms with van der Waals surface area (Å²) >= 11 is 1.08. The zero-order chi connectivity index (χ0) is 22.2. The largest absolute Gasteiger partial charge is 0.339 e. The highest BCUT2D eigenvalue weighted by Crippen LogP contribution is 2.31. The Labute approximate surface area is 183 Å². The van der Waals surface area contributed by atoms with Gasteiger partial charge in [-0.1, -0.05) is 11.2 Å². The SMILES string of the molecule is Cc1nc(-c2csc(S(=O)(=O)N3CCC[C@@H](C(=O)Nc4ccc(C)c(F)c4)C3)c2)no1. The van der Waals surface area contributed by atoms with Crippen LogP contribution < -0.4 is 5.32 Å². The molecule has 1 amide bonds. The molecule has 1 N–H and O–H groups in total. The molecule has 1 fully saturated rings. The molecular weight excluding hydrogens is 443 g/mol. The number of benzene rings is 1. The molecular formula is C20H21FN4O4S2. The van der Waals surface area contributed by atoms with Gasteiger partial charge in [-0.25, -0.2) is 12.8 Å². The van der Waals surface area contributed by atoms with Crippen molar-refractivity contribution in [3.8, 4) is 11.4 Å². The minimum atomic E-state index is -3.77. The fraction of sp³-hybridized carbons (Fsp3) is 0.350. The van der Waals surface area contributed by atoms with E-state index in [0.29, 0.717) is 47.9 Å². The van der Waals surface area contributed by atoms with Crippen LogP contribution in [0.2, 0.25) is 0 Å². The van der Waals surface area contributed by atoms with Gasteiger partial charge in [0, 0.05) is 36.6 Å². The van der Waals surface area contributed by atoms with Gasteiger partial charge < -0.3 is 9.84 Å². The summed E-state index contributed by atoms with van der Waals surface area (Å²) in [6.45, 7) is 3.70. The lowest BCUT2D eigenvalue weighted by Crippen LogP contribution is -2.43. The summed E-state index contributed by atoms with van der Waals surface area (Å²) in [6, 6.07) is 5.99. The standard InChI is InChI=1S/C20H21FN4O4S2/c1-12-5-6-16(9-17(12)21)23-20(26)14-4-3-7-25(10-14)31(27,28)18-8-15(11-30-18)19-22-13(2)29-24-19/h5-6,8-9,11,14H,3-4,7,10H2,1-2H3,(H,23,26)/t14-/m1/s1. The Balaban J connectivity index is 1.47. The molecule has 0 saturated carbocycles. The van der Waals surface area contributed by atoms with Gasteiger partial charge in [-0.3, -0.25) is 4.79 Å². The Hall–Kier alpha value is -2.63. The van der Waals surface area contributed by atoms with E-state index in [1.165, 1.54) is 16.4 Å². The number of piperidine rings is 1. The molecule has 1 atom stereocenters. The maximum absolute atomic E-state index is 13.8. The van der Waals surface area contributed by atoms with Crippen LogP contribution in [0.15, 0.2) is 38.4 Å². The minimum absolute atomic E-state index is 0.0665. The van der Waals surface area contributed by atoms with E-state index in [1.807, 2.05) is 0 Å². The van der Waals surface area contributed by atoms with Crippen molar-refractivity contribution in [1.29, 1.82) is 0 Å². The number of hydrogen-bond donors (Lipinski definition) is 1. The van der Waals surface area contributed by atoms with Crippen molar-refractivity contribution in [2.24, 2.45) is 5.92 Å². The highest BCUT2D eigenvalue weighted by molar-refractivity contribution is 7.91. The van der Waals surface area contributed by atoms with Gasteiger partial charge in [0.1, 0.15) is 10.0 Å². The first-order valence-corrected chi connectivity index (χ1v) is 12.0. The van der Waals surface area contributed by atoms with Crippen LogP contribution in [-0.2, 0) is 14.8 Å². The Morgan fingerprint density at radius 1 is 1.32 bits per heavy atom. The van der Waals surface area contributed by atoms with E-state index in [-0.39, 0.29) is 16.7 Å². The van der Waals surface area contributed by atoms with Crippen LogP contribution in [0.5, 0.6) is 0 Å². The number of sulfonamides is 1. The molecule has 11 heteroatoms. The first kappa shape index (κ1) is 21.6. The molecule has 0 spiro atoms. The van der Waals surface area contributed by atoms with Gasteiger partial charge in [0.15, 0.2) is 0 Å². The lowest BCUT2D eigenvalue weighted by atomic mass is 9.98. The average molecular weight is 465 g/mol. The highest BCUT2D eigenvalue weighted by Gasteiger charge is 2.34. The molecule has 0 unspecified atom stereocenters. The first-order chi connectivity index (χ1) is 14.7. The van der Waals surface area contributed by atoms with Gasteiger partial charge >= 0.3 is 0 Å². The Morgan fingerprint density at radius 2 is 2.13 bits per heavy atom. The van der Waals surface area contributed by atoms with Gasteiger partial charge in [-0.15, -0.1) is 11.3 Å². The number of hydrogen-bond acceptors (Lipinski definition) is 7. The maximum atomic E-state index is 13.8. The predicted molar refractivity (Wildman–Crippen MR) is 114 cm³/mol. The average Bonchev–Trinajstić information content (AvgIpc) is 3.40. The van der Waals surface area contributed by atoms with E-state index < -0.39 is 21.8 Å². The van der Waals surface area contributed by atoms with Crippen LogP contribution in [0.25, 0.3) is 11.4 Å². The lowest BCUT2D eigenvalue weighted by Gasteiger charge is -2.30. The molecule has 3 heterocycles. The van der Waals surface area contributed by atoms with Crippen molar-refractivity contribution in [2.75, 3.05) is 18.4 Å². The second kappa shape index (κ2) is 8.48. The Bertz CT molecular complexity index is 1220. The van der Waals surface area contributed by atoms with Crippen LogP contribution in [0.1, 0.15) is 24.3 Å². The number of aromatic nitrogens is 2. The molecule has 31 heavy (non-hydrogen) atoms. The van der Waals surface area contributed by atoms with Crippen molar-refractivity contribution in [1.82, 2.24) is 14.4 Å². The number of carbonyl (C=O) groups is 1. The number of thiophene rings is 1. The molecule has 2 aromatic heterocycles. The predicted octanol–water partition coefficient (Wildman–Crippen LogP) is 3.59. The number of carbonyl (C=O) groups excluding carboxylic acids is 1. The fourth-order valence-electron chi connectivity index (χ4n) is 3.40. The number of nitrogens with zero attached hydrogens (tertiary/aromatic N) is 3. The van der Waals surface area contributed by atoms with Crippen LogP contribution >= 0.6 is 11.3 Å². The monoisotopic (exact) mass is 464 g/mol. The molecule has 8 nitrogen and oxygen atoms in total. The Kier molecular flexibility index (Phi) is 5.91. The fourth-order valence-corrected chi connectivity index (χ4v) is 6.24. The number of amides is 1. The highest BCUT2D eigenvalue weighted by atomic mass is 32.2. The third-order valence-electron chi connectivity index (χ3n) is 5.15. The molecule has 3 aromatic rings. The number of anilines is 1. The van der Waals surface area contributed by atoms with Crippen molar-refractivity contribution in [3.05, 3.63) is 46.9 Å². The summed E-state index contributed by atoms with van der Waals surface area (Å²) in [6.07, 6.45) is 1.12. The van der Waals surface area contributed by atoms with Gasteiger partial charge in [-0.05, 0) is 43.5 Å². The second-order valence-electron chi connectivity index (χ2n) is 7.45. The van der Waals surface area contributed by atoms with Crippen LogP contribution in [0, 0.1) is 25.6 Å². The van der Waals surface area contributed by atoms with E-state index in [2.05, 4.69) is 15.5 Å². The summed E-state index contributed by atoms with van der Waals surface area (Å²) in [7, 11) is -3.77. The molecule has 4 rings (SSSR count). The van der Waals surface area contributed by atoms with Crippen molar-refractivity contribution in [2.45, 2.75) is 30.9 Å². The second-order valence-corrected chi connectivity index (χ2v) is 10.5. The van der Waals surface area contributed by atoms with Crippen molar-refractivity contribution >= 4 is 33.0 Å². The van der Waals surface area contributed by atoms with Crippen LogP contribution in [-0.4, -0.2) is 41.9 Å². The van der Waals surface area contributed by atoms with E-state index in [0.717, 1.165) is 11.3 Å². The van der Waals surface area contributed by atoms with E-state index >= 15 is 0 Å². The molecule has 1 aliphatic heterocycles. The minimum Gasteiger partial charge on any atom is -0.339 e. The molecule has 0 radical (unpaired) electrons. The van der Waals surface area contributed by atoms with E-state index in [4.69, 9.17) is 4.52 Å². The Morgan fingerprint density at radius 3 is 2.84 bits per heavy atom. The summed E-state index contributed by atoms with van der Waals surface area (Å²) in [5, 5.41) is 8.17. The molecule has 1 aromatic carbocycles. The van der Waals surface area contributed by atoms with Gasteiger partial charge in [0.2, 0.25) is 17.6 Å². The third kappa shape index (κ3) is 4.53. The van der Waals surface area contributed by atoms with Gasteiger partial charge in [-0.2, -0.15) is 9.29 Å². The third-order valence-corrected chi connectivity index (χ3v) is 8.43. The summed E-state index contributed by atoms with van der Waals surface area (Å²) in [5.41, 5.74) is 1.40. The number of nitrogens with one attached hydrogen (secondary N) is 1. The quantitative estimate of drug-likeness (QED) is 0.619. The molecule has 1 aliphatic rings. The van der Waals surface area contributed by atoms with Crippen LogP contribution in [0.4, 0.5) is 10.1 Å². The zero-order valence-electron chi connectivity index (χ0n) is 17.0. The number of rotatable bonds is 5. The molecule has 0 bridgehead atoms. The lowest BCUT2D eigenvalue weighted by molar-refractivity contribution is -0.120.